The van der Waals surface area contributed by atoms with Crippen molar-refractivity contribution in [2.75, 3.05) is 19.6 Å². The summed E-state index contributed by atoms with van der Waals surface area (Å²) in [5, 5.41) is 0. The van der Waals surface area contributed by atoms with Gasteiger partial charge >= 0.3 is 0 Å². The molecule has 0 aromatic carbocycles. The van der Waals surface area contributed by atoms with Gasteiger partial charge in [0.25, 0.3) is 0 Å². The summed E-state index contributed by atoms with van der Waals surface area (Å²) in [6, 6.07) is 0.377. The van der Waals surface area contributed by atoms with Crippen LogP contribution in [0.1, 0.15) is 59.8 Å². The van der Waals surface area contributed by atoms with E-state index in [1.165, 1.54) is 51.7 Å². The molecule has 0 spiro atoms. The Morgan fingerprint density at radius 1 is 1.18 bits per heavy atom. The van der Waals surface area contributed by atoms with Crippen molar-refractivity contribution < 1.29 is 0 Å². The minimum absolute atomic E-state index is 0.377. The van der Waals surface area contributed by atoms with Crippen LogP contribution in [0.25, 0.3) is 0 Å². The van der Waals surface area contributed by atoms with Gasteiger partial charge in [0, 0.05) is 6.04 Å². The van der Waals surface area contributed by atoms with Crippen molar-refractivity contribution in [1.29, 1.82) is 0 Å². The molecule has 1 saturated heterocycles. The Bertz CT molecular complexity index is 197. The molecule has 0 amide bonds. The zero-order chi connectivity index (χ0) is 12.9. The summed E-state index contributed by atoms with van der Waals surface area (Å²) in [6.07, 6.45) is 6.56. The number of nitrogens with zero attached hydrogens (tertiary/aromatic N) is 1. The van der Waals surface area contributed by atoms with Crippen molar-refractivity contribution in [1.82, 2.24) is 4.90 Å². The summed E-state index contributed by atoms with van der Waals surface area (Å²) in [7, 11) is 0. The summed E-state index contributed by atoms with van der Waals surface area (Å²) in [5.74, 6) is 0.919. The standard InChI is InChI=1S/C15H32N2/c1-13(16)7-5-6-10-17-11-8-14(9-12-17)15(2,3)4/h13-14H,5-12,16H2,1-4H3. The highest BCUT2D eigenvalue weighted by atomic mass is 15.1. The predicted octanol–water partition coefficient (Wildman–Crippen LogP) is 3.26. The second-order valence-corrected chi connectivity index (χ2v) is 6.96. The Morgan fingerprint density at radius 3 is 2.24 bits per heavy atom. The first-order valence-corrected chi connectivity index (χ1v) is 7.37. The van der Waals surface area contributed by atoms with Crippen LogP contribution in [0.4, 0.5) is 0 Å². The molecule has 1 aliphatic rings. The first kappa shape index (κ1) is 15.0. The predicted molar refractivity (Wildman–Crippen MR) is 76.1 cm³/mol. The molecular formula is C15H32N2. The monoisotopic (exact) mass is 240 g/mol. The maximum Gasteiger partial charge on any atom is 0.00104 e. The van der Waals surface area contributed by atoms with Gasteiger partial charge in [-0.05, 0) is 63.6 Å². The average Bonchev–Trinajstić information content (AvgIpc) is 2.23. The molecule has 1 unspecified atom stereocenters. The largest absolute Gasteiger partial charge is 0.328 e. The minimum Gasteiger partial charge on any atom is -0.328 e. The lowest BCUT2D eigenvalue weighted by atomic mass is 9.75. The number of hydrogen-bond donors (Lipinski definition) is 1. The molecule has 2 nitrogen and oxygen atoms in total. The summed E-state index contributed by atoms with van der Waals surface area (Å²) < 4.78 is 0. The molecule has 1 rings (SSSR count). The smallest absolute Gasteiger partial charge is 0.00104 e. The van der Waals surface area contributed by atoms with Crippen molar-refractivity contribution in [2.24, 2.45) is 17.1 Å². The lowest BCUT2D eigenvalue weighted by Gasteiger charge is -2.38. The van der Waals surface area contributed by atoms with E-state index in [9.17, 15) is 0 Å². The zero-order valence-corrected chi connectivity index (χ0v) is 12.3. The topological polar surface area (TPSA) is 29.3 Å². The number of rotatable bonds is 5. The van der Waals surface area contributed by atoms with E-state index in [1.54, 1.807) is 0 Å². The SMILES string of the molecule is CC(N)CCCCN1CCC(C(C)(C)C)CC1. The van der Waals surface area contributed by atoms with E-state index >= 15 is 0 Å². The number of nitrogens with two attached hydrogens (primary N) is 1. The molecule has 0 bridgehead atoms. The molecule has 1 aliphatic heterocycles. The third-order valence-corrected chi connectivity index (χ3v) is 4.20. The fourth-order valence-corrected chi connectivity index (χ4v) is 2.82. The van der Waals surface area contributed by atoms with Gasteiger partial charge in [-0.15, -0.1) is 0 Å². The molecular weight excluding hydrogens is 208 g/mol. The summed E-state index contributed by atoms with van der Waals surface area (Å²) in [6.45, 7) is 13.2. The molecule has 1 atom stereocenters. The third kappa shape index (κ3) is 5.87. The van der Waals surface area contributed by atoms with Crippen molar-refractivity contribution in [3.05, 3.63) is 0 Å². The van der Waals surface area contributed by atoms with E-state index in [0.717, 1.165) is 5.92 Å². The van der Waals surface area contributed by atoms with Gasteiger partial charge in [0.2, 0.25) is 0 Å². The van der Waals surface area contributed by atoms with Crippen LogP contribution >= 0.6 is 0 Å². The maximum atomic E-state index is 5.76. The quantitative estimate of drug-likeness (QED) is 0.747. The van der Waals surface area contributed by atoms with E-state index in [4.69, 9.17) is 5.73 Å². The van der Waals surface area contributed by atoms with E-state index in [-0.39, 0.29) is 0 Å². The molecule has 1 fully saturated rings. The van der Waals surface area contributed by atoms with Crippen molar-refractivity contribution in [2.45, 2.75) is 65.8 Å². The van der Waals surface area contributed by atoms with Crippen molar-refractivity contribution in [3.8, 4) is 0 Å². The van der Waals surface area contributed by atoms with Crippen LogP contribution in [0.5, 0.6) is 0 Å². The lowest BCUT2D eigenvalue weighted by molar-refractivity contribution is 0.111. The van der Waals surface area contributed by atoms with E-state index < -0.39 is 0 Å². The Hall–Kier alpha value is -0.0800. The molecule has 0 saturated carbocycles. The molecule has 102 valence electrons. The van der Waals surface area contributed by atoms with Crippen LogP contribution in [0.15, 0.2) is 0 Å². The molecule has 17 heavy (non-hydrogen) atoms. The number of likely N-dealkylation sites (tertiary alicyclic amines) is 1. The number of unbranched alkanes of at least 4 members (excludes halogenated alkanes) is 1. The summed E-state index contributed by atoms with van der Waals surface area (Å²) in [4.78, 5) is 2.64. The van der Waals surface area contributed by atoms with Gasteiger partial charge in [0.1, 0.15) is 0 Å². The maximum absolute atomic E-state index is 5.76. The van der Waals surface area contributed by atoms with Crippen LogP contribution in [0, 0.1) is 11.3 Å². The fourth-order valence-electron chi connectivity index (χ4n) is 2.82. The van der Waals surface area contributed by atoms with E-state index in [1.807, 2.05) is 0 Å². The minimum atomic E-state index is 0.377. The zero-order valence-electron chi connectivity index (χ0n) is 12.3. The molecule has 2 heteroatoms. The second kappa shape index (κ2) is 6.75. The first-order chi connectivity index (χ1) is 7.89. The number of hydrogen-bond acceptors (Lipinski definition) is 2. The summed E-state index contributed by atoms with van der Waals surface area (Å²) >= 11 is 0. The highest BCUT2D eigenvalue weighted by Gasteiger charge is 2.28. The first-order valence-electron chi connectivity index (χ1n) is 7.37. The Kier molecular flexibility index (Phi) is 5.94. The van der Waals surface area contributed by atoms with Gasteiger partial charge in [-0.25, -0.2) is 0 Å². The van der Waals surface area contributed by atoms with E-state index in [2.05, 4.69) is 32.6 Å². The Labute approximate surface area is 108 Å². The van der Waals surface area contributed by atoms with Gasteiger partial charge in [0.05, 0.1) is 0 Å². The van der Waals surface area contributed by atoms with Gasteiger partial charge in [-0.1, -0.05) is 27.2 Å². The molecule has 0 aromatic rings. The van der Waals surface area contributed by atoms with Crippen LogP contribution in [-0.2, 0) is 0 Å². The highest BCUT2D eigenvalue weighted by Crippen LogP contribution is 2.34. The van der Waals surface area contributed by atoms with Crippen molar-refractivity contribution >= 4 is 0 Å². The average molecular weight is 240 g/mol. The lowest BCUT2D eigenvalue weighted by Crippen LogP contribution is -2.38. The van der Waals surface area contributed by atoms with Gasteiger partial charge in [-0.3, -0.25) is 0 Å². The Balaban J connectivity index is 2.11. The van der Waals surface area contributed by atoms with E-state index in [0.29, 0.717) is 11.5 Å². The normalized spacial score (nSPS) is 21.7. The molecule has 0 aliphatic carbocycles. The number of piperidine rings is 1. The second-order valence-electron chi connectivity index (χ2n) is 6.96. The van der Waals surface area contributed by atoms with Gasteiger partial charge < -0.3 is 10.6 Å². The van der Waals surface area contributed by atoms with Gasteiger partial charge in [-0.2, -0.15) is 0 Å². The molecule has 1 heterocycles. The van der Waals surface area contributed by atoms with Crippen LogP contribution in [-0.4, -0.2) is 30.6 Å². The molecule has 0 radical (unpaired) electrons. The third-order valence-electron chi connectivity index (χ3n) is 4.20. The Morgan fingerprint density at radius 2 is 1.76 bits per heavy atom. The van der Waals surface area contributed by atoms with Crippen LogP contribution in [0.2, 0.25) is 0 Å². The molecule has 2 N–H and O–H groups in total. The summed E-state index contributed by atoms with van der Waals surface area (Å²) in [5.41, 5.74) is 6.27. The van der Waals surface area contributed by atoms with Gasteiger partial charge in [0.15, 0.2) is 0 Å². The van der Waals surface area contributed by atoms with Crippen molar-refractivity contribution in [3.63, 3.8) is 0 Å². The molecule has 0 aromatic heterocycles. The van der Waals surface area contributed by atoms with Crippen LogP contribution in [0.3, 0.4) is 0 Å². The van der Waals surface area contributed by atoms with Crippen LogP contribution < -0.4 is 5.73 Å². The highest BCUT2D eigenvalue weighted by molar-refractivity contribution is 4.80. The fraction of sp³-hybridized carbons (Fsp3) is 1.00.